The molecule has 0 aromatic rings. The molecule has 3 aliphatic rings. The number of carbonyl (C=O) groups is 1. The fourth-order valence-electron chi connectivity index (χ4n) is 3.59. The number of hydrogen-bond donors (Lipinski definition) is 0. The largest absolute Gasteiger partial charge is 0.456 e. The van der Waals surface area contributed by atoms with Gasteiger partial charge in [-0.3, -0.25) is 0 Å². The Morgan fingerprint density at radius 3 is 2.32 bits per heavy atom. The Morgan fingerprint density at radius 1 is 1.00 bits per heavy atom. The highest BCUT2D eigenvalue weighted by Gasteiger charge is 2.38. The Bertz CT molecular complexity index is 319. The van der Waals surface area contributed by atoms with Crippen LogP contribution in [0.3, 0.4) is 0 Å². The second-order valence-electron chi connectivity index (χ2n) is 6.60. The van der Waals surface area contributed by atoms with Gasteiger partial charge in [-0.25, -0.2) is 4.79 Å². The van der Waals surface area contributed by atoms with Crippen LogP contribution in [0.25, 0.3) is 0 Å². The highest BCUT2D eigenvalue weighted by atomic mass is 16.6. The Balaban J connectivity index is 2.02. The minimum atomic E-state index is -0.187. The molecule has 108 valence electrons. The van der Waals surface area contributed by atoms with E-state index in [1.54, 1.807) is 6.92 Å². The smallest absolute Gasteiger partial charge is 0.333 e. The molecule has 0 heterocycles. The molecule has 2 bridgehead atoms. The number of esters is 1. The van der Waals surface area contributed by atoms with Crippen LogP contribution in [-0.2, 0) is 9.53 Å². The first-order valence-corrected chi connectivity index (χ1v) is 8.00. The van der Waals surface area contributed by atoms with Gasteiger partial charge in [-0.05, 0) is 51.4 Å². The van der Waals surface area contributed by atoms with Crippen molar-refractivity contribution in [3.05, 3.63) is 12.2 Å². The summed E-state index contributed by atoms with van der Waals surface area (Å²) in [6, 6.07) is 0. The minimum absolute atomic E-state index is 0.170. The highest BCUT2D eigenvalue weighted by molar-refractivity contribution is 5.87. The number of ether oxygens (including phenoxy) is 1. The van der Waals surface area contributed by atoms with Gasteiger partial charge in [-0.2, -0.15) is 0 Å². The summed E-state index contributed by atoms with van der Waals surface area (Å²) < 4.78 is 5.86. The van der Waals surface area contributed by atoms with E-state index in [-0.39, 0.29) is 11.6 Å². The highest BCUT2D eigenvalue weighted by Crippen LogP contribution is 2.41. The molecule has 2 nitrogen and oxygen atoms in total. The maximum absolute atomic E-state index is 11.9. The molecule has 3 fully saturated rings. The molecule has 0 saturated heterocycles. The van der Waals surface area contributed by atoms with Crippen molar-refractivity contribution in [3.8, 4) is 0 Å². The minimum Gasteiger partial charge on any atom is -0.456 e. The van der Waals surface area contributed by atoms with E-state index < -0.39 is 0 Å². The summed E-state index contributed by atoms with van der Waals surface area (Å²) in [6.45, 7) is 5.46. The van der Waals surface area contributed by atoms with Gasteiger partial charge in [0.2, 0.25) is 0 Å². The molecule has 0 aromatic carbocycles. The summed E-state index contributed by atoms with van der Waals surface area (Å²) in [7, 11) is 0. The third-order valence-corrected chi connectivity index (χ3v) is 4.92. The molecular formula is C17H28O2. The first-order chi connectivity index (χ1) is 9.11. The zero-order valence-electron chi connectivity index (χ0n) is 12.4. The number of hydrogen-bond acceptors (Lipinski definition) is 2. The predicted molar refractivity (Wildman–Crippen MR) is 77.9 cm³/mol. The maximum atomic E-state index is 11.9. The van der Waals surface area contributed by atoms with E-state index in [2.05, 4.69) is 6.58 Å². The molecular weight excluding hydrogens is 236 g/mol. The SMILES string of the molecule is C=C(C)C(=O)OC12CCCCCCCC(CC1)CC2. The molecule has 0 atom stereocenters. The van der Waals surface area contributed by atoms with Gasteiger partial charge in [0.15, 0.2) is 0 Å². The Hall–Kier alpha value is -0.790. The fourth-order valence-corrected chi connectivity index (χ4v) is 3.59. The van der Waals surface area contributed by atoms with Crippen molar-refractivity contribution in [3.63, 3.8) is 0 Å². The van der Waals surface area contributed by atoms with E-state index in [1.807, 2.05) is 0 Å². The van der Waals surface area contributed by atoms with Gasteiger partial charge in [0, 0.05) is 5.57 Å². The van der Waals surface area contributed by atoms with Crippen LogP contribution in [0.5, 0.6) is 0 Å². The fraction of sp³-hybridized carbons (Fsp3) is 0.824. The molecule has 0 aromatic heterocycles. The third kappa shape index (κ3) is 4.09. The Labute approximate surface area is 117 Å². The van der Waals surface area contributed by atoms with Crippen LogP contribution >= 0.6 is 0 Å². The molecule has 0 unspecified atom stereocenters. The lowest BCUT2D eigenvalue weighted by atomic mass is 9.75. The Kier molecular flexibility index (Phi) is 5.06. The number of carbonyl (C=O) groups excluding carboxylic acids is 1. The maximum Gasteiger partial charge on any atom is 0.333 e. The monoisotopic (exact) mass is 264 g/mol. The Morgan fingerprint density at radius 2 is 1.63 bits per heavy atom. The van der Waals surface area contributed by atoms with Crippen molar-refractivity contribution in [1.82, 2.24) is 0 Å². The second kappa shape index (κ2) is 6.58. The van der Waals surface area contributed by atoms with Crippen molar-refractivity contribution in [2.24, 2.45) is 5.92 Å². The van der Waals surface area contributed by atoms with Crippen molar-refractivity contribution in [2.45, 2.75) is 83.2 Å². The summed E-state index contributed by atoms with van der Waals surface area (Å²) >= 11 is 0. The van der Waals surface area contributed by atoms with Gasteiger partial charge >= 0.3 is 5.97 Å². The summed E-state index contributed by atoms with van der Waals surface area (Å²) in [6.07, 6.45) is 13.7. The molecule has 19 heavy (non-hydrogen) atoms. The standard InChI is InChI=1S/C17H28O2/c1-14(2)16(18)19-17-11-7-5-3-4-6-8-15(9-12-17)10-13-17/h15H,1,3-13H2,2H3. The van der Waals surface area contributed by atoms with Gasteiger partial charge in [0.25, 0.3) is 0 Å². The summed E-state index contributed by atoms with van der Waals surface area (Å²) in [4.78, 5) is 11.9. The van der Waals surface area contributed by atoms with Crippen molar-refractivity contribution in [1.29, 1.82) is 0 Å². The van der Waals surface area contributed by atoms with Crippen LogP contribution in [0.15, 0.2) is 12.2 Å². The summed E-state index contributed by atoms with van der Waals surface area (Å²) in [5.74, 6) is 0.683. The first kappa shape index (κ1) is 14.6. The van der Waals surface area contributed by atoms with Crippen molar-refractivity contribution in [2.75, 3.05) is 0 Å². The van der Waals surface area contributed by atoms with Gasteiger partial charge < -0.3 is 4.74 Å². The van der Waals surface area contributed by atoms with Crippen molar-refractivity contribution >= 4 is 5.97 Å². The molecule has 0 amide bonds. The van der Waals surface area contributed by atoms with E-state index in [1.165, 1.54) is 51.4 Å². The summed E-state index contributed by atoms with van der Waals surface area (Å²) in [5.41, 5.74) is 0.363. The summed E-state index contributed by atoms with van der Waals surface area (Å²) in [5, 5.41) is 0. The predicted octanol–water partition coefficient (Wildman–Crippen LogP) is 4.78. The lowest BCUT2D eigenvalue weighted by Crippen LogP contribution is -2.39. The zero-order chi connectivity index (χ0) is 13.7. The van der Waals surface area contributed by atoms with E-state index in [4.69, 9.17) is 4.74 Å². The van der Waals surface area contributed by atoms with E-state index in [0.29, 0.717) is 5.57 Å². The first-order valence-electron chi connectivity index (χ1n) is 8.00. The second-order valence-corrected chi connectivity index (χ2v) is 6.60. The lowest BCUT2D eigenvalue weighted by Gasteiger charge is -2.39. The molecule has 0 N–H and O–H groups in total. The van der Waals surface area contributed by atoms with E-state index in [9.17, 15) is 4.79 Å². The average molecular weight is 264 g/mol. The molecule has 0 aliphatic heterocycles. The normalized spacial score (nSPS) is 32.4. The van der Waals surface area contributed by atoms with E-state index in [0.717, 1.165) is 25.2 Å². The molecule has 3 saturated carbocycles. The van der Waals surface area contributed by atoms with Crippen LogP contribution in [0.1, 0.15) is 77.6 Å². The van der Waals surface area contributed by atoms with Crippen molar-refractivity contribution < 1.29 is 9.53 Å². The van der Waals surface area contributed by atoms with Crippen LogP contribution in [0.2, 0.25) is 0 Å². The molecule has 0 radical (unpaired) electrons. The van der Waals surface area contributed by atoms with Gasteiger partial charge in [-0.15, -0.1) is 0 Å². The lowest BCUT2D eigenvalue weighted by molar-refractivity contribution is -0.160. The van der Waals surface area contributed by atoms with Gasteiger partial charge in [0.05, 0.1) is 0 Å². The average Bonchev–Trinajstić information content (AvgIpc) is 2.46. The molecule has 2 heteroatoms. The van der Waals surface area contributed by atoms with Crippen LogP contribution in [0.4, 0.5) is 0 Å². The van der Waals surface area contributed by atoms with Gasteiger partial charge in [0.1, 0.15) is 5.60 Å². The quantitative estimate of drug-likeness (QED) is 0.530. The van der Waals surface area contributed by atoms with Crippen LogP contribution in [-0.4, -0.2) is 11.6 Å². The van der Waals surface area contributed by atoms with Crippen LogP contribution in [0, 0.1) is 5.92 Å². The van der Waals surface area contributed by atoms with Crippen LogP contribution < -0.4 is 0 Å². The topological polar surface area (TPSA) is 26.3 Å². The number of fused-ring (bicyclic) bond motifs is 8. The molecule has 3 aliphatic carbocycles. The van der Waals surface area contributed by atoms with E-state index >= 15 is 0 Å². The molecule has 3 rings (SSSR count). The zero-order valence-corrected chi connectivity index (χ0v) is 12.4. The number of rotatable bonds is 2. The third-order valence-electron chi connectivity index (χ3n) is 4.92. The van der Waals surface area contributed by atoms with Gasteiger partial charge in [-0.1, -0.05) is 38.7 Å². The molecule has 0 spiro atoms.